The molecule has 0 aliphatic carbocycles. The number of hydrogen-bond acceptors (Lipinski definition) is 3. The van der Waals surface area contributed by atoms with Gasteiger partial charge >= 0.3 is 0 Å². The standard InChI is InChI=1S/C12H12Cl2N2S/c1-8(15-5-10-6-17-7-16-10)11-3-2-9(13)4-12(11)14/h2-4,6-8,15H,5H2,1H3. The summed E-state index contributed by atoms with van der Waals surface area (Å²) in [5.41, 5.74) is 3.93. The number of nitrogens with zero attached hydrogens (tertiary/aromatic N) is 1. The lowest BCUT2D eigenvalue weighted by Crippen LogP contribution is -2.18. The number of benzene rings is 1. The third kappa shape index (κ3) is 3.42. The van der Waals surface area contributed by atoms with Gasteiger partial charge in [-0.1, -0.05) is 29.3 Å². The van der Waals surface area contributed by atoms with Gasteiger partial charge in [0.15, 0.2) is 0 Å². The van der Waals surface area contributed by atoms with Crippen molar-refractivity contribution in [2.45, 2.75) is 19.5 Å². The highest BCUT2D eigenvalue weighted by Gasteiger charge is 2.09. The van der Waals surface area contributed by atoms with Crippen LogP contribution in [0.4, 0.5) is 0 Å². The van der Waals surface area contributed by atoms with E-state index in [1.807, 2.05) is 23.0 Å². The molecule has 17 heavy (non-hydrogen) atoms. The van der Waals surface area contributed by atoms with E-state index >= 15 is 0 Å². The van der Waals surface area contributed by atoms with Gasteiger partial charge in [0.2, 0.25) is 0 Å². The van der Waals surface area contributed by atoms with Crippen LogP contribution in [-0.2, 0) is 6.54 Å². The zero-order valence-corrected chi connectivity index (χ0v) is 11.6. The van der Waals surface area contributed by atoms with Gasteiger partial charge < -0.3 is 5.32 Å². The molecule has 0 aliphatic heterocycles. The summed E-state index contributed by atoms with van der Waals surface area (Å²) in [7, 11) is 0. The minimum atomic E-state index is 0.168. The topological polar surface area (TPSA) is 24.9 Å². The van der Waals surface area contributed by atoms with Gasteiger partial charge in [-0.25, -0.2) is 4.98 Å². The second kappa shape index (κ2) is 5.83. The lowest BCUT2D eigenvalue weighted by Gasteiger charge is -2.15. The van der Waals surface area contributed by atoms with Crippen molar-refractivity contribution in [3.63, 3.8) is 0 Å². The van der Waals surface area contributed by atoms with Crippen molar-refractivity contribution in [2.24, 2.45) is 0 Å². The largest absolute Gasteiger partial charge is 0.304 e. The highest BCUT2D eigenvalue weighted by molar-refractivity contribution is 7.07. The average molecular weight is 287 g/mol. The molecular weight excluding hydrogens is 275 g/mol. The van der Waals surface area contributed by atoms with Gasteiger partial charge in [0.1, 0.15) is 0 Å². The van der Waals surface area contributed by atoms with Crippen LogP contribution in [0.1, 0.15) is 24.2 Å². The Bertz CT molecular complexity index is 485. The van der Waals surface area contributed by atoms with Gasteiger partial charge in [0.25, 0.3) is 0 Å². The van der Waals surface area contributed by atoms with E-state index in [1.54, 1.807) is 17.4 Å². The van der Waals surface area contributed by atoms with Crippen LogP contribution in [0.2, 0.25) is 10.0 Å². The van der Waals surface area contributed by atoms with Gasteiger partial charge in [-0.2, -0.15) is 0 Å². The number of rotatable bonds is 4. The highest BCUT2D eigenvalue weighted by Crippen LogP contribution is 2.26. The van der Waals surface area contributed by atoms with Gasteiger partial charge in [-0.05, 0) is 24.6 Å². The molecular formula is C12H12Cl2N2S. The molecule has 0 spiro atoms. The summed E-state index contributed by atoms with van der Waals surface area (Å²) in [4.78, 5) is 4.22. The summed E-state index contributed by atoms with van der Waals surface area (Å²) in [6, 6.07) is 5.73. The fraction of sp³-hybridized carbons (Fsp3) is 0.250. The first-order valence-corrected chi connectivity index (χ1v) is 6.92. The fourth-order valence-corrected chi connectivity index (χ4v) is 2.68. The SMILES string of the molecule is CC(NCc1cscn1)c1ccc(Cl)cc1Cl. The van der Waals surface area contributed by atoms with Crippen molar-refractivity contribution >= 4 is 34.5 Å². The molecule has 0 fully saturated rings. The van der Waals surface area contributed by atoms with Crippen LogP contribution in [0, 0.1) is 0 Å². The molecule has 0 radical (unpaired) electrons. The van der Waals surface area contributed by atoms with Crippen LogP contribution in [0.25, 0.3) is 0 Å². The van der Waals surface area contributed by atoms with E-state index in [2.05, 4.69) is 17.2 Å². The first-order valence-electron chi connectivity index (χ1n) is 5.22. The van der Waals surface area contributed by atoms with Crippen LogP contribution in [0.5, 0.6) is 0 Å². The molecule has 1 aromatic heterocycles. The molecule has 1 atom stereocenters. The summed E-state index contributed by atoms with van der Waals surface area (Å²) in [6.45, 7) is 2.81. The Balaban J connectivity index is 2.01. The Morgan fingerprint density at radius 3 is 2.88 bits per heavy atom. The van der Waals surface area contributed by atoms with E-state index in [1.165, 1.54) is 0 Å². The minimum Gasteiger partial charge on any atom is -0.304 e. The number of thiazole rings is 1. The maximum absolute atomic E-state index is 6.15. The third-order valence-electron chi connectivity index (χ3n) is 2.50. The van der Waals surface area contributed by atoms with E-state index in [-0.39, 0.29) is 6.04 Å². The van der Waals surface area contributed by atoms with E-state index in [9.17, 15) is 0 Å². The summed E-state index contributed by atoms with van der Waals surface area (Å²) in [6.07, 6.45) is 0. The Morgan fingerprint density at radius 1 is 1.41 bits per heavy atom. The Morgan fingerprint density at radius 2 is 2.24 bits per heavy atom. The number of nitrogens with one attached hydrogen (secondary N) is 1. The summed E-state index contributed by atoms with van der Waals surface area (Å²) < 4.78 is 0. The van der Waals surface area contributed by atoms with E-state index in [0.717, 1.165) is 17.8 Å². The number of aromatic nitrogens is 1. The third-order valence-corrected chi connectivity index (χ3v) is 3.70. The molecule has 0 saturated heterocycles. The molecule has 2 nitrogen and oxygen atoms in total. The van der Waals surface area contributed by atoms with Crippen molar-refractivity contribution in [1.29, 1.82) is 0 Å². The molecule has 1 unspecified atom stereocenters. The molecule has 1 N–H and O–H groups in total. The van der Waals surface area contributed by atoms with Crippen molar-refractivity contribution in [1.82, 2.24) is 10.3 Å². The smallest absolute Gasteiger partial charge is 0.0795 e. The predicted octanol–water partition coefficient (Wildman–Crippen LogP) is 4.30. The van der Waals surface area contributed by atoms with Gasteiger partial charge in [0, 0.05) is 28.0 Å². The van der Waals surface area contributed by atoms with E-state index in [0.29, 0.717) is 10.0 Å². The monoisotopic (exact) mass is 286 g/mol. The molecule has 0 saturated carbocycles. The maximum Gasteiger partial charge on any atom is 0.0795 e. The molecule has 1 heterocycles. The number of halogens is 2. The van der Waals surface area contributed by atoms with Gasteiger partial charge in [-0.3, -0.25) is 0 Å². The molecule has 1 aromatic carbocycles. The van der Waals surface area contributed by atoms with Crippen molar-refractivity contribution in [3.8, 4) is 0 Å². The molecule has 90 valence electrons. The molecule has 0 aliphatic rings. The highest BCUT2D eigenvalue weighted by atomic mass is 35.5. The first-order chi connectivity index (χ1) is 8.16. The zero-order valence-electron chi connectivity index (χ0n) is 9.28. The summed E-state index contributed by atoms with van der Waals surface area (Å²) in [5, 5.41) is 6.76. The van der Waals surface area contributed by atoms with Crippen LogP contribution < -0.4 is 5.32 Å². The summed E-state index contributed by atoms with van der Waals surface area (Å²) >= 11 is 13.6. The molecule has 2 aromatic rings. The Kier molecular flexibility index (Phi) is 4.40. The second-order valence-corrected chi connectivity index (χ2v) is 5.31. The lowest BCUT2D eigenvalue weighted by atomic mass is 10.1. The summed E-state index contributed by atoms with van der Waals surface area (Å²) in [5.74, 6) is 0. The van der Waals surface area contributed by atoms with Crippen molar-refractivity contribution < 1.29 is 0 Å². The first kappa shape index (κ1) is 12.8. The maximum atomic E-state index is 6.15. The fourth-order valence-electron chi connectivity index (χ4n) is 1.55. The van der Waals surface area contributed by atoms with Crippen molar-refractivity contribution in [3.05, 3.63) is 50.4 Å². The van der Waals surface area contributed by atoms with Crippen LogP contribution >= 0.6 is 34.5 Å². The van der Waals surface area contributed by atoms with E-state index in [4.69, 9.17) is 23.2 Å². The van der Waals surface area contributed by atoms with Crippen molar-refractivity contribution in [2.75, 3.05) is 0 Å². The molecule has 5 heteroatoms. The average Bonchev–Trinajstić information content (AvgIpc) is 2.78. The Labute approximate surface area is 115 Å². The lowest BCUT2D eigenvalue weighted by molar-refractivity contribution is 0.569. The van der Waals surface area contributed by atoms with Gasteiger partial charge in [0.05, 0.1) is 11.2 Å². The Hall–Kier alpha value is -0.610. The van der Waals surface area contributed by atoms with Crippen LogP contribution in [-0.4, -0.2) is 4.98 Å². The number of hydrogen-bond donors (Lipinski definition) is 1. The molecule has 0 bridgehead atoms. The second-order valence-electron chi connectivity index (χ2n) is 3.75. The van der Waals surface area contributed by atoms with Crippen LogP contribution in [0.15, 0.2) is 29.1 Å². The van der Waals surface area contributed by atoms with Gasteiger partial charge in [-0.15, -0.1) is 11.3 Å². The zero-order chi connectivity index (χ0) is 12.3. The quantitative estimate of drug-likeness (QED) is 0.906. The molecule has 2 rings (SSSR count). The normalized spacial score (nSPS) is 12.6. The predicted molar refractivity (Wildman–Crippen MR) is 73.8 cm³/mol. The van der Waals surface area contributed by atoms with Crippen LogP contribution in [0.3, 0.4) is 0 Å². The van der Waals surface area contributed by atoms with E-state index < -0.39 is 0 Å². The molecule has 0 amide bonds. The minimum absolute atomic E-state index is 0.168.